The average Bonchev–Trinajstić information content (AvgIpc) is 2.84. The maximum atomic E-state index is 12.4. The fourth-order valence-corrected chi connectivity index (χ4v) is 3.18. The second-order valence-electron chi connectivity index (χ2n) is 6.98. The number of hydrazone groups is 1. The molecule has 34 heavy (non-hydrogen) atoms. The van der Waals surface area contributed by atoms with E-state index >= 15 is 0 Å². The van der Waals surface area contributed by atoms with Gasteiger partial charge in [-0.1, -0.05) is 23.7 Å². The number of carbonyl (C=O) groups is 2. The molecular formula is C25H23ClN2O6. The zero-order valence-electron chi connectivity index (χ0n) is 18.6. The number of nitrogens with one attached hydrogen (secondary N) is 1. The molecule has 0 radical (unpaired) electrons. The SMILES string of the molecule is CCOc1cc(C(=O)N/N=C/c2ccc(OCc3ccc(C(=O)O)cc3)c(Cl)c2)ccc1OC. The summed E-state index contributed by atoms with van der Waals surface area (Å²) in [6.07, 6.45) is 1.46. The van der Waals surface area contributed by atoms with E-state index in [0.717, 1.165) is 5.56 Å². The molecule has 0 unspecified atom stereocenters. The lowest BCUT2D eigenvalue weighted by molar-refractivity contribution is 0.0696. The number of amides is 1. The van der Waals surface area contributed by atoms with Gasteiger partial charge in [-0.05, 0) is 66.6 Å². The number of benzene rings is 3. The van der Waals surface area contributed by atoms with Crippen LogP contribution in [0.4, 0.5) is 0 Å². The molecule has 3 aromatic carbocycles. The van der Waals surface area contributed by atoms with Crippen LogP contribution in [0.25, 0.3) is 0 Å². The van der Waals surface area contributed by atoms with Gasteiger partial charge in [-0.25, -0.2) is 10.2 Å². The third-order valence-electron chi connectivity index (χ3n) is 4.66. The van der Waals surface area contributed by atoms with Crippen molar-refractivity contribution < 1.29 is 28.9 Å². The van der Waals surface area contributed by atoms with Gasteiger partial charge in [0.15, 0.2) is 11.5 Å². The number of carboxylic acids is 1. The number of hydrogen-bond acceptors (Lipinski definition) is 6. The minimum Gasteiger partial charge on any atom is -0.493 e. The predicted octanol–water partition coefficient (Wildman–Crippen LogP) is 4.79. The topological polar surface area (TPSA) is 106 Å². The largest absolute Gasteiger partial charge is 0.493 e. The van der Waals surface area contributed by atoms with Crippen molar-refractivity contribution in [3.63, 3.8) is 0 Å². The minimum atomic E-state index is -0.983. The van der Waals surface area contributed by atoms with Gasteiger partial charge in [0.1, 0.15) is 12.4 Å². The van der Waals surface area contributed by atoms with Crippen LogP contribution in [0.3, 0.4) is 0 Å². The van der Waals surface area contributed by atoms with Crippen LogP contribution in [0.15, 0.2) is 65.8 Å². The zero-order chi connectivity index (χ0) is 24.5. The Morgan fingerprint density at radius 3 is 2.32 bits per heavy atom. The number of hydrogen-bond donors (Lipinski definition) is 2. The molecule has 0 spiro atoms. The molecule has 0 saturated heterocycles. The van der Waals surface area contributed by atoms with Crippen LogP contribution in [-0.4, -0.2) is 36.9 Å². The van der Waals surface area contributed by atoms with E-state index in [0.29, 0.717) is 40.0 Å². The molecule has 0 aliphatic heterocycles. The lowest BCUT2D eigenvalue weighted by Gasteiger charge is -2.10. The van der Waals surface area contributed by atoms with Crippen LogP contribution < -0.4 is 19.6 Å². The first-order chi connectivity index (χ1) is 16.4. The Kier molecular flexibility index (Phi) is 8.48. The van der Waals surface area contributed by atoms with Crippen LogP contribution in [0.1, 0.15) is 38.8 Å². The standard InChI is InChI=1S/C25H23ClN2O6/c1-3-33-23-13-19(9-11-22(23)32-2)24(29)28-27-14-17-6-10-21(20(26)12-17)34-15-16-4-7-18(8-5-16)25(30)31/h4-14H,3,15H2,1-2H3,(H,28,29)(H,30,31)/b27-14+. The summed E-state index contributed by atoms with van der Waals surface area (Å²) in [5, 5.41) is 13.3. The second-order valence-corrected chi connectivity index (χ2v) is 7.39. The highest BCUT2D eigenvalue weighted by molar-refractivity contribution is 6.32. The molecule has 8 nitrogen and oxygen atoms in total. The van der Waals surface area contributed by atoms with Crippen molar-refractivity contribution >= 4 is 29.7 Å². The molecule has 0 aliphatic rings. The summed E-state index contributed by atoms with van der Waals surface area (Å²) in [5.41, 5.74) is 4.51. The summed E-state index contributed by atoms with van der Waals surface area (Å²) in [4.78, 5) is 23.3. The number of rotatable bonds is 10. The van der Waals surface area contributed by atoms with Crippen LogP contribution in [0.2, 0.25) is 5.02 Å². The molecule has 9 heteroatoms. The van der Waals surface area contributed by atoms with E-state index in [2.05, 4.69) is 10.5 Å². The van der Waals surface area contributed by atoms with Gasteiger partial charge < -0.3 is 19.3 Å². The van der Waals surface area contributed by atoms with Crippen molar-refractivity contribution in [2.75, 3.05) is 13.7 Å². The third-order valence-corrected chi connectivity index (χ3v) is 4.95. The first kappa shape index (κ1) is 24.6. The van der Waals surface area contributed by atoms with Crippen molar-refractivity contribution in [3.8, 4) is 17.2 Å². The van der Waals surface area contributed by atoms with Gasteiger partial charge in [0.25, 0.3) is 5.91 Å². The van der Waals surface area contributed by atoms with Gasteiger partial charge in [0.05, 0.1) is 30.5 Å². The molecule has 0 aromatic heterocycles. The zero-order valence-corrected chi connectivity index (χ0v) is 19.3. The highest BCUT2D eigenvalue weighted by Gasteiger charge is 2.11. The Morgan fingerprint density at radius 2 is 1.68 bits per heavy atom. The van der Waals surface area contributed by atoms with Gasteiger partial charge in [-0.15, -0.1) is 0 Å². The molecule has 0 fully saturated rings. The number of carboxylic acid groups (broad SMARTS) is 1. The molecule has 2 N–H and O–H groups in total. The minimum absolute atomic E-state index is 0.208. The summed E-state index contributed by atoms with van der Waals surface area (Å²) in [7, 11) is 1.53. The van der Waals surface area contributed by atoms with Crippen LogP contribution in [0.5, 0.6) is 17.2 Å². The highest BCUT2D eigenvalue weighted by Crippen LogP contribution is 2.28. The molecule has 0 atom stereocenters. The Balaban J connectivity index is 1.58. The Bertz CT molecular complexity index is 1190. The summed E-state index contributed by atoms with van der Waals surface area (Å²) in [5.74, 6) is 0.0906. The predicted molar refractivity (Wildman–Crippen MR) is 128 cm³/mol. The molecule has 0 heterocycles. The lowest BCUT2D eigenvalue weighted by Crippen LogP contribution is -2.17. The Hall–Kier alpha value is -4.04. The van der Waals surface area contributed by atoms with Crippen molar-refractivity contribution in [1.82, 2.24) is 5.43 Å². The molecule has 0 aliphatic carbocycles. The molecule has 1 amide bonds. The van der Waals surface area contributed by atoms with E-state index < -0.39 is 11.9 Å². The number of methoxy groups -OCH3 is 1. The van der Waals surface area contributed by atoms with Gasteiger partial charge in [-0.2, -0.15) is 5.10 Å². The Morgan fingerprint density at radius 1 is 0.971 bits per heavy atom. The first-order valence-corrected chi connectivity index (χ1v) is 10.7. The number of carbonyl (C=O) groups excluding carboxylic acids is 1. The molecule has 3 rings (SSSR count). The summed E-state index contributed by atoms with van der Waals surface area (Å²) < 4.78 is 16.4. The Labute approximate surface area is 201 Å². The first-order valence-electron chi connectivity index (χ1n) is 10.3. The maximum Gasteiger partial charge on any atom is 0.335 e. The van der Waals surface area contributed by atoms with Crippen LogP contribution in [0, 0.1) is 0 Å². The summed E-state index contributed by atoms with van der Waals surface area (Å²) >= 11 is 6.30. The molecular weight excluding hydrogens is 460 g/mol. The van der Waals surface area contributed by atoms with E-state index in [1.165, 1.54) is 25.5 Å². The molecule has 0 saturated carbocycles. The average molecular weight is 483 g/mol. The van der Waals surface area contributed by atoms with Crippen molar-refractivity contribution in [1.29, 1.82) is 0 Å². The van der Waals surface area contributed by atoms with E-state index in [9.17, 15) is 9.59 Å². The normalized spacial score (nSPS) is 10.7. The van der Waals surface area contributed by atoms with Gasteiger partial charge in [-0.3, -0.25) is 4.79 Å². The van der Waals surface area contributed by atoms with Gasteiger partial charge >= 0.3 is 5.97 Å². The summed E-state index contributed by atoms with van der Waals surface area (Å²) in [6.45, 7) is 2.52. The second kappa shape index (κ2) is 11.7. The number of nitrogens with zero attached hydrogens (tertiary/aromatic N) is 1. The van der Waals surface area contributed by atoms with Crippen molar-refractivity contribution in [2.24, 2.45) is 5.10 Å². The van der Waals surface area contributed by atoms with Crippen LogP contribution >= 0.6 is 11.6 Å². The third kappa shape index (κ3) is 6.49. The fraction of sp³-hybridized carbons (Fsp3) is 0.160. The number of aromatic carboxylic acids is 1. The van der Waals surface area contributed by atoms with Crippen LogP contribution in [-0.2, 0) is 6.61 Å². The summed E-state index contributed by atoms with van der Waals surface area (Å²) in [6, 6.07) is 16.3. The van der Waals surface area contributed by atoms with Gasteiger partial charge in [0.2, 0.25) is 0 Å². The van der Waals surface area contributed by atoms with Gasteiger partial charge in [0, 0.05) is 5.56 Å². The van der Waals surface area contributed by atoms with E-state index in [-0.39, 0.29) is 12.2 Å². The van der Waals surface area contributed by atoms with E-state index in [4.69, 9.17) is 30.9 Å². The molecule has 176 valence electrons. The maximum absolute atomic E-state index is 12.4. The fourth-order valence-electron chi connectivity index (χ4n) is 2.94. The number of ether oxygens (including phenoxy) is 3. The lowest BCUT2D eigenvalue weighted by atomic mass is 10.1. The highest BCUT2D eigenvalue weighted by atomic mass is 35.5. The van der Waals surface area contributed by atoms with E-state index in [1.54, 1.807) is 48.5 Å². The molecule has 3 aromatic rings. The molecule has 0 bridgehead atoms. The number of halogens is 1. The van der Waals surface area contributed by atoms with E-state index in [1.807, 2.05) is 6.92 Å². The van der Waals surface area contributed by atoms with Crippen molar-refractivity contribution in [3.05, 3.63) is 87.9 Å². The monoisotopic (exact) mass is 482 g/mol. The quantitative estimate of drug-likeness (QED) is 0.318. The smallest absolute Gasteiger partial charge is 0.335 e. The van der Waals surface area contributed by atoms with Crippen molar-refractivity contribution in [2.45, 2.75) is 13.5 Å².